The van der Waals surface area contributed by atoms with Crippen LogP contribution in [-0.2, 0) is 9.84 Å². The molecule has 1 aliphatic heterocycles. The van der Waals surface area contributed by atoms with Gasteiger partial charge in [-0.2, -0.15) is 11.8 Å². The minimum Gasteiger partial charge on any atom is -0.389 e. The van der Waals surface area contributed by atoms with Crippen LogP contribution in [0.5, 0.6) is 0 Å². The van der Waals surface area contributed by atoms with Gasteiger partial charge >= 0.3 is 0 Å². The number of nitrogens with two attached hydrogens (primary N) is 1. The monoisotopic (exact) mass is 348 g/mol. The molecule has 0 saturated carbocycles. The number of hydrogen-bond acceptors (Lipinski definition) is 5. The van der Waals surface area contributed by atoms with Crippen molar-refractivity contribution in [1.82, 2.24) is 0 Å². The van der Waals surface area contributed by atoms with E-state index in [4.69, 9.17) is 18.0 Å². The molecule has 1 aliphatic rings. The summed E-state index contributed by atoms with van der Waals surface area (Å²) in [5, 5.41) is -0.688. The van der Waals surface area contributed by atoms with E-state index in [0.717, 1.165) is 5.75 Å². The summed E-state index contributed by atoms with van der Waals surface area (Å²) in [6.45, 7) is 2.11. The number of benzene rings is 1. The first kappa shape index (κ1) is 16.5. The van der Waals surface area contributed by atoms with Gasteiger partial charge in [0.1, 0.15) is 16.2 Å². The van der Waals surface area contributed by atoms with Gasteiger partial charge in [0.25, 0.3) is 0 Å². The fraction of sp³-hybridized carbons (Fsp3) is 0.462. The smallest absolute Gasteiger partial charge is 0.171 e. The van der Waals surface area contributed by atoms with E-state index in [1.807, 2.05) is 0 Å². The van der Waals surface area contributed by atoms with Gasteiger partial charge in [-0.25, -0.2) is 12.8 Å². The number of nitrogens with zero attached hydrogens (tertiary/aromatic N) is 1. The van der Waals surface area contributed by atoms with Gasteiger partial charge in [0.15, 0.2) is 9.84 Å². The van der Waals surface area contributed by atoms with Crippen molar-refractivity contribution < 1.29 is 12.8 Å². The SMILES string of the molecule is CCS(=O)(=O)C1CSCCN1c1ccc(C(N)=S)cc1F. The van der Waals surface area contributed by atoms with Crippen LogP contribution in [0.25, 0.3) is 0 Å². The molecular weight excluding hydrogens is 331 g/mol. The van der Waals surface area contributed by atoms with Gasteiger partial charge in [-0.3, -0.25) is 0 Å². The fourth-order valence-corrected chi connectivity index (χ4v) is 5.35. The summed E-state index contributed by atoms with van der Waals surface area (Å²) in [5.74, 6) is 0.767. The van der Waals surface area contributed by atoms with Gasteiger partial charge in [-0.15, -0.1) is 0 Å². The molecule has 2 rings (SSSR count). The molecule has 1 aromatic carbocycles. The highest BCUT2D eigenvalue weighted by Gasteiger charge is 2.34. The highest BCUT2D eigenvalue weighted by molar-refractivity contribution is 8.01. The van der Waals surface area contributed by atoms with Gasteiger partial charge in [-0.05, 0) is 18.2 Å². The van der Waals surface area contributed by atoms with E-state index in [-0.39, 0.29) is 16.4 Å². The molecule has 8 heteroatoms. The molecule has 1 atom stereocenters. The first-order chi connectivity index (χ1) is 9.86. The lowest BCUT2D eigenvalue weighted by atomic mass is 10.2. The second kappa shape index (κ2) is 6.50. The van der Waals surface area contributed by atoms with Crippen molar-refractivity contribution in [2.45, 2.75) is 12.3 Å². The normalized spacial score (nSPS) is 19.5. The molecule has 0 bridgehead atoms. The van der Waals surface area contributed by atoms with E-state index in [1.54, 1.807) is 35.7 Å². The van der Waals surface area contributed by atoms with Crippen molar-refractivity contribution in [2.24, 2.45) is 5.73 Å². The summed E-state index contributed by atoms with van der Waals surface area (Å²) in [6.07, 6.45) is 0. The van der Waals surface area contributed by atoms with Crippen LogP contribution in [0.15, 0.2) is 18.2 Å². The summed E-state index contributed by atoms with van der Waals surface area (Å²) >= 11 is 6.39. The second-order valence-electron chi connectivity index (χ2n) is 4.70. The lowest BCUT2D eigenvalue weighted by molar-refractivity contribution is 0.574. The Hall–Kier alpha value is -0.860. The van der Waals surface area contributed by atoms with E-state index in [9.17, 15) is 12.8 Å². The number of rotatable bonds is 4. The molecule has 1 aromatic rings. The Balaban J connectivity index is 2.40. The number of halogens is 1. The Morgan fingerprint density at radius 2 is 2.29 bits per heavy atom. The van der Waals surface area contributed by atoms with Crippen molar-refractivity contribution in [2.75, 3.05) is 28.7 Å². The molecule has 0 aliphatic carbocycles. The van der Waals surface area contributed by atoms with E-state index in [1.165, 1.54) is 6.07 Å². The summed E-state index contributed by atoms with van der Waals surface area (Å²) in [5.41, 5.74) is 6.21. The molecule has 1 fully saturated rings. The number of thioether (sulfide) groups is 1. The van der Waals surface area contributed by atoms with Crippen LogP contribution in [-0.4, -0.2) is 42.6 Å². The van der Waals surface area contributed by atoms with Crippen molar-refractivity contribution in [3.63, 3.8) is 0 Å². The Morgan fingerprint density at radius 3 is 2.86 bits per heavy atom. The van der Waals surface area contributed by atoms with Crippen LogP contribution in [0.2, 0.25) is 0 Å². The molecule has 21 heavy (non-hydrogen) atoms. The highest BCUT2D eigenvalue weighted by Crippen LogP contribution is 2.29. The number of thiocarbonyl (C=S) groups is 1. The third kappa shape index (κ3) is 3.49. The summed E-state index contributed by atoms with van der Waals surface area (Å²) in [6, 6.07) is 4.44. The van der Waals surface area contributed by atoms with Crippen molar-refractivity contribution in [1.29, 1.82) is 0 Å². The molecule has 116 valence electrons. The number of hydrogen-bond donors (Lipinski definition) is 1. The molecule has 0 aromatic heterocycles. The van der Waals surface area contributed by atoms with Crippen LogP contribution in [0.4, 0.5) is 10.1 Å². The average Bonchev–Trinajstić information content (AvgIpc) is 2.47. The van der Waals surface area contributed by atoms with E-state index < -0.39 is 21.0 Å². The zero-order valence-corrected chi connectivity index (χ0v) is 14.0. The Morgan fingerprint density at radius 1 is 1.57 bits per heavy atom. The minimum absolute atomic E-state index is 0.0430. The van der Waals surface area contributed by atoms with Crippen LogP contribution >= 0.6 is 24.0 Å². The molecule has 2 N–H and O–H groups in total. The highest BCUT2D eigenvalue weighted by atomic mass is 32.2. The standard InChI is InChI=1S/C13H17FN2O2S3/c1-2-21(17,18)12-8-20-6-5-16(12)11-4-3-9(13(15)19)7-10(11)14/h3-4,7,12H,2,5-6,8H2,1H3,(H2,15,19). The van der Waals surface area contributed by atoms with Crippen molar-refractivity contribution >= 4 is 44.5 Å². The third-order valence-electron chi connectivity index (χ3n) is 3.44. The molecule has 0 radical (unpaired) electrons. The van der Waals surface area contributed by atoms with Crippen LogP contribution in [0.1, 0.15) is 12.5 Å². The van der Waals surface area contributed by atoms with E-state index >= 15 is 0 Å². The lowest BCUT2D eigenvalue weighted by Gasteiger charge is -2.36. The van der Waals surface area contributed by atoms with Gasteiger partial charge in [0, 0.05) is 29.4 Å². The molecule has 1 saturated heterocycles. The maximum Gasteiger partial charge on any atom is 0.171 e. The molecular formula is C13H17FN2O2S3. The summed E-state index contributed by atoms with van der Waals surface area (Å²) < 4.78 is 38.7. The third-order valence-corrected chi connectivity index (χ3v) is 6.97. The molecule has 0 amide bonds. The zero-order valence-electron chi connectivity index (χ0n) is 11.6. The summed E-state index contributed by atoms with van der Waals surface area (Å²) in [4.78, 5) is 1.75. The van der Waals surface area contributed by atoms with Crippen LogP contribution in [0, 0.1) is 5.82 Å². The predicted molar refractivity (Wildman–Crippen MR) is 90.2 cm³/mol. The number of anilines is 1. The Bertz CT molecular complexity index is 649. The van der Waals surface area contributed by atoms with E-state index in [2.05, 4.69) is 0 Å². The van der Waals surface area contributed by atoms with Gasteiger partial charge in [0.2, 0.25) is 0 Å². The van der Waals surface area contributed by atoms with Gasteiger partial charge in [0.05, 0.1) is 5.69 Å². The minimum atomic E-state index is -3.27. The lowest BCUT2D eigenvalue weighted by Crippen LogP contribution is -2.48. The Labute approximate surface area is 133 Å². The summed E-state index contributed by atoms with van der Waals surface area (Å²) in [7, 11) is -3.27. The topological polar surface area (TPSA) is 63.4 Å². The maximum absolute atomic E-state index is 14.3. The van der Waals surface area contributed by atoms with Crippen molar-refractivity contribution in [3.05, 3.63) is 29.6 Å². The zero-order chi connectivity index (χ0) is 15.6. The van der Waals surface area contributed by atoms with Crippen molar-refractivity contribution in [3.8, 4) is 0 Å². The second-order valence-corrected chi connectivity index (χ2v) is 8.74. The Kier molecular flexibility index (Phi) is 5.11. The molecule has 1 heterocycles. The quantitative estimate of drug-likeness (QED) is 0.837. The first-order valence-corrected chi connectivity index (χ1v) is 9.80. The maximum atomic E-state index is 14.3. The van der Waals surface area contributed by atoms with Gasteiger partial charge < -0.3 is 10.6 Å². The molecule has 0 spiro atoms. The number of sulfone groups is 1. The predicted octanol–water partition coefficient (Wildman–Crippen LogP) is 1.77. The first-order valence-electron chi connectivity index (χ1n) is 6.52. The molecule has 1 unspecified atom stereocenters. The largest absolute Gasteiger partial charge is 0.389 e. The van der Waals surface area contributed by atoms with Gasteiger partial charge in [-0.1, -0.05) is 19.1 Å². The molecule has 4 nitrogen and oxygen atoms in total. The fourth-order valence-electron chi connectivity index (χ4n) is 2.24. The van der Waals surface area contributed by atoms with E-state index in [0.29, 0.717) is 17.9 Å². The average molecular weight is 348 g/mol. The van der Waals surface area contributed by atoms with Crippen LogP contribution in [0.3, 0.4) is 0 Å². The van der Waals surface area contributed by atoms with Crippen LogP contribution < -0.4 is 10.6 Å².